The number of H-pyrrole nitrogens is 1. The fourth-order valence-electron chi connectivity index (χ4n) is 2.76. The van der Waals surface area contributed by atoms with Crippen LogP contribution in [0, 0.1) is 0 Å². The van der Waals surface area contributed by atoms with E-state index in [1.807, 2.05) is 49.4 Å². The Kier molecular flexibility index (Phi) is 5.94. The number of amides is 1. The van der Waals surface area contributed by atoms with Crippen LogP contribution in [0.25, 0.3) is 10.9 Å². The van der Waals surface area contributed by atoms with E-state index in [2.05, 4.69) is 9.97 Å². The molecule has 0 saturated carbocycles. The van der Waals surface area contributed by atoms with Crippen molar-refractivity contribution in [2.75, 3.05) is 0 Å². The average molecular weight is 359 g/mol. The van der Waals surface area contributed by atoms with Crippen molar-refractivity contribution in [3.05, 3.63) is 101 Å². The molecule has 0 fully saturated rings. The van der Waals surface area contributed by atoms with Crippen molar-refractivity contribution in [3.63, 3.8) is 0 Å². The van der Waals surface area contributed by atoms with E-state index >= 15 is 0 Å². The standard InChI is InChI=1S/C22H21N3O2/c1-2-3-5-14-21(26)25(15-17-10-6-4-7-11-17)16-20-23-19-13-9-8-12-18(19)22(27)24-20/h2-14H,15-16H2,1H3,(H,23,24,27)/b3-2+,14-5+. The smallest absolute Gasteiger partial charge is 0.258 e. The predicted octanol–water partition coefficient (Wildman–Crippen LogP) is 3.58. The number of hydrogen-bond acceptors (Lipinski definition) is 3. The van der Waals surface area contributed by atoms with E-state index in [0.717, 1.165) is 5.56 Å². The van der Waals surface area contributed by atoms with E-state index in [0.29, 0.717) is 23.3 Å². The van der Waals surface area contributed by atoms with Gasteiger partial charge in [0.25, 0.3) is 5.56 Å². The molecular formula is C22H21N3O2. The zero-order valence-corrected chi connectivity index (χ0v) is 15.1. The lowest BCUT2D eigenvalue weighted by Crippen LogP contribution is -2.30. The first-order valence-electron chi connectivity index (χ1n) is 8.77. The predicted molar refractivity (Wildman–Crippen MR) is 107 cm³/mol. The van der Waals surface area contributed by atoms with Gasteiger partial charge in [-0.25, -0.2) is 4.98 Å². The van der Waals surface area contributed by atoms with Crippen LogP contribution in [-0.4, -0.2) is 20.8 Å². The summed E-state index contributed by atoms with van der Waals surface area (Å²) in [5, 5.41) is 0.537. The second-order valence-corrected chi connectivity index (χ2v) is 6.09. The molecule has 2 aromatic carbocycles. The summed E-state index contributed by atoms with van der Waals surface area (Å²) in [5.41, 5.74) is 1.42. The highest BCUT2D eigenvalue weighted by Crippen LogP contribution is 2.11. The van der Waals surface area contributed by atoms with Crippen molar-refractivity contribution in [1.29, 1.82) is 0 Å². The molecule has 1 heterocycles. The van der Waals surface area contributed by atoms with E-state index in [1.165, 1.54) is 6.08 Å². The number of benzene rings is 2. The highest BCUT2D eigenvalue weighted by Gasteiger charge is 2.14. The average Bonchev–Trinajstić information content (AvgIpc) is 2.68. The first kappa shape index (κ1) is 18.3. The molecule has 0 aliphatic carbocycles. The van der Waals surface area contributed by atoms with E-state index in [9.17, 15) is 9.59 Å². The second kappa shape index (κ2) is 8.76. The largest absolute Gasteiger partial charge is 0.327 e. The molecule has 27 heavy (non-hydrogen) atoms. The molecule has 0 unspecified atom stereocenters. The monoisotopic (exact) mass is 359 g/mol. The van der Waals surface area contributed by atoms with E-state index in [-0.39, 0.29) is 18.0 Å². The number of fused-ring (bicyclic) bond motifs is 1. The summed E-state index contributed by atoms with van der Waals surface area (Å²) >= 11 is 0. The van der Waals surface area contributed by atoms with Crippen molar-refractivity contribution in [2.24, 2.45) is 0 Å². The lowest BCUT2D eigenvalue weighted by molar-refractivity contribution is -0.127. The van der Waals surface area contributed by atoms with Crippen LogP contribution >= 0.6 is 0 Å². The normalized spacial score (nSPS) is 11.4. The van der Waals surface area contributed by atoms with Gasteiger partial charge < -0.3 is 9.88 Å². The first-order valence-corrected chi connectivity index (χ1v) is 8.77. The highest BCUT2D eigenvalue weighted by atomic mass is 16.2. The van der Waals surface area contributed by atoms with Crippen LogP contribution in [0.15, 0.2) is 83.7 Å². The van der Waals surface area contributed by atoms with Crippen LogP contribution in [0.1, 0.15) is 18.3 Å². The fourth-order valence-corrected chi connectivity index (χ4v) is 2.76. The molecule has 3 aromatic rings. The van der Waals surface area contributed by atoms with Gasteiger partial charge in [-0.1, -0.05) is 60.7 Å². The molecule has 0 aliphatic rings. The fraction of sp³-hybridized carbons (Fsp3) is 0.136. The molecule has 136 valence electrons. The number of carbonyl (C=O) groups is 1. The summed E-state index contributed by atoms with van der Waals surface area (Å²) in [6, 6.07) is 16.9. The molecule has 3 rings (SSSR count). The Hall–Kier alpha value is -3.47. The highest BCUT2D eigenvalue weighted by molar-refractivity contribution is 5.87. The number of aromatic amines is 1. The molecule has 5 nitrogen and oxygen atoms in total. The van der Waals surface area contributed by atoms with E-state index < -0.39 is 0 Å². The van der Waals surface area contributed by atoms with E-state index in [4.69, 9.17) is 0 Å². The summed E-state index contributed by atoms with van der Waals surface area (Å²) in [7, 11) is 0. The Balaban J connectivity index is 1.90. The van der Waals surface area contributed by atoms with Gasteiger partial charge >= 0.3 is 0 Å². The van der Waals surface area contributed by atoms with Crippen LogP contribution in [0.3, 0.4) is 0 Å². The maximum absolute atomic E-state index is 12.7. The molecule has 0 bridgehead atoms. The molecule has 5 heteroatoms. The Morgan fingerprint density at radius 1 is 1.04 bits per heavy atom. The number of hydrogen-bond donors (Lipinski definition) is 1. The van der Waals surface area contributed by atoms with Crippen LogP contribution in [0.2, 0.25) is 0 Å². The maximum atomic E-state index is 12.7. The topological polar surface area (TPSA) is 66.1 Å². The maximum Gasteiger partial charge on any atom is 0.258 e. The lowest BCUT2D eigenvalue weighted by Gasteiger charge is -2.21. The van der Waals surface area contributed by atoms with Crippen molar-refractivity contribution >= 4 is 16.8 Å². The summed E-state index contributed by atoms with van der Waals surface area (Å²) in [4.78, 5) is 33.9. The van der Waals surface area contributed by atoms with Crippen LogP contribution < -0.4 is 5.56 Å². The first-order chi connectivity index (χ1) is 13.2. The second-order valence-electron chi connectivity index (χ2n) is 6.09. The van der Waals surface area contributed by atoms with Gasteiger partial charge in [0.1, 0.15) is 5.82 Å². The van der Waals surface area contributed by atoms with Crippen LogP contribution in [-0.2, 0) is 17.9 Å². The van der Waals surface area contributed by atoms with Gasteiger partial charge in [0.2, 0.25) is 5.91 Å². The number of aromatic nitrogens is 2. The number of nitrogens with zero attached hydrogens (tertiary/aromatic N) is 2. The third kappa shape index (κ3) is 4.79. The zero-order chi connectivity index (χ0) is 19.1. The minimum absolute atomic E-state index is 0.146. The lowest BCUT2D eigenvalue weighted by atomic mass is 10.2. The van der Waals surface area contributed by atoms with Crippen LogP contribution in [0.4, 0.5) is 0 Å². The van der Waals surface area contributed by atoms with Gasteiger partial charge in [0.15, 0.2) is 0 Å². The summed E-state index contributed by atoms with van der Waals surface area (Å²) in [6.07, 6.45) is 6.88. The Labute approximate surface area is 157 Å². The quantitative estimate of drug-likeness (QED) is 0.540. The van der Waals surface area contributed by atoms with E-state index in [1.54, 1.807) is 35.3 Å². The summed E-state index contributed by atoms with van der Waals surface area (Å²) in [6.45, 7) is 2.53. The molecule has 1 amide bonds. The summed E-state index contributed by atoms with van der Waals surface area (Å²) in [5.74, 6) is 0.315. The zero-order valence-electron chi connectivity index (χ0n) is 15.1. The Morgan fingerprint density at radius 3 is 2.56 bits per heavy atom. The Bertz CT molecular complexity index is 1040. The van der Waals surface area contributed by atoms with Crippen molar-refractivity contribution in [2.45, 2.75) is 20.0 Å². The number of allylic oxidation sites excluding steroid dienone is 3. The minimum Gasteiger partial charge on any atom is -0.327 e. The SMILES string of the molecule is C/C=C/C=C/C(=O)N(Cc1ccccc1)Cc1nc2ccccc2c(=O)[nH]1. The number of carbonyl (C=O) groups excluding carboxylic acids is 1. The molecule has 0 saturated heterocycles. The van der Waals surface area contributed by atoms with Gasteiger partial charge in [-0.2, -0.15) is 0 Å². The Morgan fingerprint density at radius 2 is 1.78 bits per heavy atom. The molecule has 0 atom stereocenters. The molecule has 0 aliphatic heterocycles. The minimum atomic E-state index is -0.202. The van der Waals surface area contributed by atoms with Crippen molar-refractivity contribution in [1.82, 2.24) is 14.9 Å². The van der Waals surface area contributed by atoms with Gasteiger partial charge in [-0.15, -0.1) is 0 Å². The molecule has 0 radical (unpaired) electrons. The number of nitrogens with one attached hydrogen (secondary N) is 1. The van der Waals surface area contributed by atoms with Gasteiger partial charge in [-0.05, 0) is 24.6 Å². The molecule has 1 aromatic heterocycles. The summed E-state index contributed by atoms with van der Waals surface area (Å²) < 4.78 is 0. The van der Waals surface area contributed by atoms with Crippen molar-refractivity contribution < 1.29 is 4.79 Å². The van der Waals surface area contributed by atoms with Crippen molar-refractivity contribution in [3.8, 4) is 0 Å². The number of rotatable bonds is 6. The molecule has 1 N–H and O–H groups in total. The molecule has 0 spiro atoms. The van der Waals surface area contributed by atoms with Gasteiger partial charge in [-0.3, -0.25) is 9.59 Å². The third-order valence-electron chi connectivity index (χ3n) is 4.07. The van der Waals surface area contributed by atoms with Crippen LogP contribution in [0.5, 0.6) is 0 Å². The number of para-hydroxylation sites is 1. The van der Waals surface area contributed by atoms with Gasteiger partial charge in [0, 0.05) is 12.6 Å². The molecular weight excluding hydrogens is 338 g/mol. The van der Waals surface area contributed by atoms with Gasteiger partial charge in [0.05, 0.1) is 17.4 Å². The third-order valence-corrected chi connectivity index (χ3v) is 4.07.